The van der Waals surface area contributed by atoms with Crippen LogP contribution in [0.5, 0.6) is 0 Å². The van der Waals surface area contributed by atoms with Crippen LogP contribution in [0.25, 0.3) is 0 Å². The lowest BCUT2D eigenvalue weighted by molar-refractivity contribution is 0.237. The van der Waals surface area contributed by atoms with E-state index in [1.165, 1.54) is 49.9 Å². The molecule has 1 nitrogen and oxygen atoms in total. The van der Waals surface area contributed by atoms with Crippen LogP contribution in [0.1, 0.15) is 84.3 Å². The second-order valence-electron chi connectivity index (χ2n) is 9.03. The van der Waals surface area contributed by atoms with Gasteiger partial charge in [0, 0.05) is 12.6 Å². The number of rotatable bonds is 6. The van der Waals surface area contributed by atoms with E-state index in [9.17, 15) is 0 Å². The highest BCUT2D eigenvalue weighted by molar-refractivity contribution is 5.30. The van der Waals surface area contributed by atoms with Gasteiger partial charge in [-0.05, 0) is 54.7 Å². The van der Waals surface area contributed by atoms with Gasteiger partial charge in [-0.15, -0.1) is 0 Å². The summed E-state index contributed by atoms with van der Waals surface area (Å²) in [7, 11) is 0. The highest BCUT2D eigenvalue weighted by Gasteiger charge is 2.27. The van der Waals surface area contributed by atoms with Crippen LogP contribution in [0.3, 0.4) is 0 Å². The van der Waals surface area contributed by atoms with E-state index in [1.54, 1.807) is 0 Å². The molecule has 2 unspecified atom stereocenters. The van der Waals surface area contributed by atoms with Crippen LogP contribution in [0.15, 0.2) is 24.3 Å². The lowest BCUT2D eigenvalue weighted by Crippen LogP contribution is -2.30. The zero-order chi connectivity index (χ0) is 17.0. The molecule has 0 aliphatic carbocycles. The van der Waals surface area contributed by atoms with Crippen LogP contribution in [0.4, 0.5) is 0 Å². The fourth-order valence-corrected chi connectivity index (χ4v) is 3.72. The van der Waals surface area contributed by atoms with Crippen LogP contribution in [-0.4, -0.2) is 24.0 Å². The van der Waals surface area contributed by atoms with Crippen molar-refractivity contribution in [3.63, 3.8) is 0 Å². The fraction of sp³-hybridized carbons (Fsp3) is 0.727. The van der Waals surface area contributed by atoms with E-state index in [2.05, 4.69) is 70.7 Å². The molecule has 1 heterocycles. The molecular formula is C22H37N. The van der Waals surface area contributed by atoms with E-state index in [1.807, 2.05) is 0 Å². The third kappa shape index (κ3) is 5.35. The zero-order valence-electron chi connectivity index (χ0n) is 16.2. The van der Waals surface area contributed by atoms with Crippen molar-refractivity contribution >= 4 is 0 Å². The predicted octanol–water partition coefficient (Wildman–Crippen LogP) is 5.99. The summed E-state index contributed by atoms with van der Waals surface area (Å²) in [6.07, 6.45) is 5.42. The first-order valence-corrected chi connectivity index (χ1v) is 9.62. The predicted molar refractivity (Wildman–Crippen MR) is 102 cm³/mol. The first-order chi connectivity index (χ1) is 10.8. The molecular weight excluding hydrogens is 278 g/mol. The van der Waals surface area contributed by atoms with Gasteiger partial charge >= 0.3 is 0 Å². The molecule has 0 radical (unpaired) electrons. The topological polar surface area (TPSA) is 3.24 Å². The summed E-state index contributed by atoms with van der Waals surface area (Å²) in [5, 5.41) is 0. The van der Waals surface area contributed by atoms with Crippen molar-refractivity contribution in [1.29, 1.82) is 0 Å². The maximum atomic E-state index is 2.71. The van der Waals surface area contributed by atoms with Crippen LogP contribution < -0.4 is 0 Å². The van der Waals surface area contributed by atoms with Crippen molar-refractivity contribution in [3.8, 4) is 0 Å². The van der Waals surface area contributed by atoms with Gasteiger partial charge in [-0.25, -0.2) is 0 Å². The fourth-order valence-electron chi connectivity index (χ4n) is 3.72. The monoisotopic (exact) mass is 315 g/mol. The first-order valence-electron chi connectivity index (χ1n) is 9.62. The Bertz CT molecular complexity index is 466. The van der Waals surface area contributed by atoms with Crippen molar-refractivity contribution in [2.75, 3.05) is 13.1 Å². The Morgan fingerprint density at radius 2 is 1.70 bits per heavy atom. The minimum absolute atomic E-state index is 0.255. The van der Waals surface area contributed by atoms with Crippen molar-refractivity contribution in [2.45, 2.75) is 84.6 Å². The number of likely N-dealkylation sites (tertiary alicyclic amines) is 1. The molecule has 1 fully saturated rings. The smallest absolute Gasteiger partial charge is 0.00671 e. The molecule has 0 amide bonds. The van der Waals surface area contributed by atoms with Gasteiger partial charge < -0.3 is 4.90 Å². The second kappa shape index (κ2) is 7.83. The second-order valence-corrected chi connectivity index (χ2v) is 9.03. The number of nitrogens with zero attached hydrogens (tertiary/aromatic N) is 1. The van der Waals surface area contributed by atoms with Crippen LogP contribution in [-0.2, 0) is 5.41 Å². The van der Waals surface area contributed by atoms with Crippen molar-refractivity contribution in [2.24, 2.45) is 5.92 Å². The van der Waals surface area contributed by atoms with E-state index in [-0.39, 0.29) is 5.41 Å². The molecule has 23 heavy (non-hydrogen) atoms. The Balaban J connectivity index is 1.87. The quantitative estimate of drug-likeness (QED) is 0.623. The maximum absolute atomic E-state index is 2.71. The average molecular weight is 316 g/mol. The SMILES string of the molecule is CC(C)CCCC(C)N1CCC(c2ccc(C(C)(C)C)cc2)C1. The summed E-state index contributed by atoms with van der Waals surface area (Å²) < 4.78 is 0. The van der Waals surface area contributed by atoms with Gasteiger partial charge in [-0.2, -0.15) is 0 Å². The van der Waals surface area contributed by atoms with E-state index >= 15 is 0 Å². The third-order valence-electron chi connectivity index (χ3n) is 5.49. The summed E-state index contributed by atoms with van der Waals surface area (Å²) in [4.78, 5) is 2.71. The minimum Gasteiger partial charge on any atom is -0.300 e. The zero-order valence-corrected chi connectivity index (χ0v) is 16.2. The Hall–Kier alpha value is -0.820. The van der Waals surface area contributed by atoms with Gasteiger partial charge in [-0.1, -0.05) is 71.7 Å². The summed E-state index contributed by atoms with van der Waals surface area (Å²) >= 11 is 0. The molecule has 0 N–H and O–H groups in total. The van der Waals surface area contributed by atoms with Gasteiger partial charge in [0.15, 0.2) is 0 Å². The van der Waals surface area contributed by atoms with Crippen molar-refractivity contribution in [3.05, 3.63) is 35.4 Å². The normalized spacial score (nSPS) is 21.1. The number of benzene rings is 1. The Kier molecular flexibility index (Phi) is 6.31. The average Bonchev–Trinajstić information content (AvgIpc) is 2.96. The number of hydrogen-bond donors (Lipinski definition) is 0. The highest BCUT2D eigenvalue weighted by Crippen LogP contribution is 2.31. The van der Waals surface area contributed by atoms with Crippen molar-refractivity contribution in [1.82, 2.24) is 4.90 Å². The number of hydrogen-bond acceptors (Lipinski definition) is 1. The molecule has 0 saturated carbocycles. The Morgan fingerprint density at radius 1 is 1.04 bits per heavy atom. The van der Waals surface area contributed by atoms with Gasteiger partial charge in [-0.3, -0.25) is 0 Å². The van der Waals surface area contributed by atoms with Crippen molar-refractivity contribution < 1.29 is 0 Å². The van der Waals surface area contributed by atoms with Crippen LogP contribution >= 0.6 is 0 Å². The highest BCUT2D eigenvalue weighted by atomic mass is 15.2. The lowest BCUT2D eigenvalue weighted by atomic mass is 9.85. The summed E-state index contributed by atoms with van der Waals surface area (Å²) in [5.41, 5.74) is 3.23. The van der Waals surface area contributed by atoms with Crippen LogP contribution in [0, 0.1) is 5.92 Å². The molecule has 0 aromatic heterocycles. The minimum atomic E-state index is 0.255. The van der Waals surface area contributed by atoms with Gasteiger partial charge in [0.25, 0.3) is 0 Å². The molecule has 1 heteroatoms. The molecule has 1 saturated heterocycles. The molecule has 130 valence electrons. The summed E-state index contributed by atoms with van der Waals surface area (Å²) in [6.45, 7) is 16.5. The molecule has 1 aromatic rings. The van der Waals surface area contributed by atoms with E-state index in [0.717, 1.165) is 17.9 Å². The molecule has 1 aliphatic heterocycles. The maximum Gasteiger partial charge on any atom is 0.00671 e. The summed E-state index contributed by atoms with van der Waals surface area (Å²) in [6, 6.07) is 10.2. The molecule has 0 spiro atoms. The Labute approximate surface area is 144 Å². The van der Waals surface area contributed by atoms with E-state index < -0.39 is 0 Å². The Morgan fingerprint density at radius 3 is 2.26 bits per heavy atom. The van der Waals surface area contributed by atoms with E-state index in [0.29, 0.717) is 0 Å². The molecule has 1 aliphatic rings. The standard InChI is InChI=1S/C22H37N/c1-17(2)8-7-9-18(3)23-15-14-20(16-23)19-10-12-21(13-11-19)22(4,5)6/h10-13,17-18,20H,7-9,14-16H2,1-6H3. The summed E-state index contributed by atoms with van der Waals surface area (Å²) in [5.74, 6) is 1.58. The molecule has 1 aromatic carbocycles. The van der Waals surface area contributed by atoms with Gasteiger partial charge in [0.2, 0.25) is 0 Å². The molecule has 2 atom stereocenters. The third-order valence-corrected chi connectivity index (χ3v) is 5.49. The van der Waals surface area contributed by atoms with Crippen LogP contribution in [0.2, 0.25) is 0 Å². The van der Waals surface area contributed by atoms with Gasteiger partial charge in [0.1, 0.15) is 0 Å². The molecule has 2 rings (SSSR count). The van der Waals surface area contributed by atoms with E-state index in [4.69, 9.17) is 0 Å². The van der Waals surface area contributed by atoms with Gasteiger partial charge in [0.05, 0.1) is 0 Å². The lowest BCUT2D eigenvalue weighted by Gasteiger charge is -2.25. The first kappa shape index (κ1) is 18.5. The largest absolute Gasteiger partial charge is 0.300 e. The molecule has 0 bridgehead atoms.